The molecule has 0 spiro atoms. The zero-order valence-corrected chi connectivity index (χ0v) is 18.1. The maximum atomic E-state index is 5.77. The van der Waals surface area contributed by atoms with Crippen LogP contribution in [0, 0.1) is 0 Å². The van der Waals surface area contributed by atoms with Crippen LogP contribution in [0.15, 0.2) is 63.6 Å². The number of thioether (sulfide) groups is 1. The molecule has 2 heterocycles. The first-order valence-electron chi connectivity index (χ1n) is 9.28. The minimum atomic E-state index is 0.499. The lowest BCUT2D eigenvalue weighted by atomic mass is 10.0. The lowest BCUT2D eigenvalue weighted by Gasteiger charge is -2.05. The van der Waals surface area contributed by atoms with E-state index in [2.05, 4.69) is 53.7 Å². The van der Waals surface area contributed by atoms with Gasteiger partial charge in [-0.15, -0.1) is 21.5 Å². The molecule has 0 amide bonds. The van der Waals surface area contributed by atoms with Crippen molar-refractivity contribution >= 4 is 23.1 Å². The predicted molar refractivity (Wildman–Crippen MR) is 117 cm³/mol. The van der Waals surface area contributed by atoms with E-state index in [0.29, 0.717) is 22.8 Å². The third-order valence-corrected chi connectivity index (χ3v) is 6.26. The number of nitrogens with zero attached hydrogens (tertiary/aromatic N) is 3. The van der Waals surface area contributed by atoms with Gasteiger partial charge in [0.05, 0.1) is 12.8 Å². The van der Waals surface area contributed by atoms with Gasteiger partial charge in [-0.05, 0) is 35.7 Å². The van der Waals surface area contributed by atoms with Crippen LogP contribution in [0.1, 0.15) is 31.0 Å². The first-order chi connectivity index (χ1) is 14.1. The summed E-state index contributed by atoms with van der Waals surface area (Å²) in [5, 5.41) is 11.9. The number of ether oxygens (including phenoxy) is 1. The molecule has 2 aromatic carbocycles. The van der Waals surface area contributed by atoms with Crippen molar-refractivity contribution in [2.75, 3.05) is 7.11 Å². The summed E-state index contributed by atoms with van der Waals surface area (Å²) in [5.41, 5.74) is 4.36. The molecule has 148 valence electrons. The Hall–Kier alpha value is -2.64. The summed E-state index contributed by atoms with van der Waals surface area (Å²) in [6.45, 7) is 4.40. The topological polar surface area (TPSA) is 61.0 Å². The summed E-state index contributed by atoms with van der Waals surface area (Å²) >= 11 is 3.15. The largest absolute Gasteiger partial charge is 0.497 e. The van der Waals surface area contributed by atoms with Crippen molar-refractivity contribution in [3.05, 3.63) is 65.2 Å². The van der Waals surface area contributed by atoms with E-state index in [9.17, 15) is 0 Å². The minimum Gasteiger partial charge on any atom is -0.497 e. The normalized spacial score (nSPS) is 11.2. The van der Waals surface area contributed by atoms with Crippen molar-refractivity contribution < 1.29 is 9.15 Å². The Morgan fingerprint density at radius 3 is 2.41 bits per heavy atom. The zero-order chi connectivity index (χ0) is 20.2. The highest BCUT2D eigenvalue weighted by Gasteiger charge is 2.11. The number of benzene rings is 2. The van der Waals surface area contributed by atoms with Gasteiger partial charge in [-0.3, -0.25) is 0 Å². The van der Waals surface area contributed by atoms with Crippen molar-refractivity contribution in [3.8, 4) is 27.8 Å². The van der Waals surface area contributed by atoms with Crippen LogP contribution in [0.3, 0.4) is 0 Å². The van der Waals surface area contributed by atoms with Crippen molar-refractivity contribution in [2.24, 2.45) is 0 Å². The molecular formula is C22H21N3O2S2. The highest BCUT2D eigenvalue weighted by Crippen LogP contribution is 2.30. The van der Waals surface area contributed by atoms with Gasteiger partial charge in [-0.2, -0.15) is 0 Å². The van der Waals surface area contributed by atoms with Gasteiger partial charge in [0, 0.05) is 22.3 Å². The van der Waals surface area contributed by atoms with Crippen LogP contribution >= 0.6 is 23.1 Å². The summed E-state index contributed by atoms with van der Waals surface area (Å²) in [4.78, 5) is 4.75. The van der Waals surface area contributed by atoms with Crippen molar-refractivity contribution in [2.45, 2.75) is 30.7 Å². The van der Waals surface area contributed by atoms with Gasteiger partial charge in [0.2, 0.25) is 5.89 Å². The molecular weight excluding hydrogens is 402 g/mol. The van der Waals surface area contributed by atoms with Gasteiger partial charge in [-0.25, -0.2) is 4.98 Å². The van der Waals surface area contributed by atoms with Gasteiger partial charge in [0.25, 0.3) is 5.22 Å². The monoisotopic (exact) mass is 423 g/mol. The van der Waals surface area contributed by atoms with E-state index in [4.69, 9.17) is 14.1 Å². The fourth-order valence-electron chi connectivity index (χ4n) is 2.77. The highest BCUT2D eigenvalue weighted by atomic mass is 32.2. The van der Waals surface area contributed by atoms with Crippen LogP contribution in [0.4, 0.5) is 0 Å². The Labute approximate surface area is 178 Å². The Morgan fingerprint density at radius 2 is 1.72 bits per heavy atom. The maximum absolute atomic E-state index is 5.77. The Bertz CT molecular complexity index is 1070. The molecule has 2 aromatic heterocycles. The van der Waals surface area contributed by atoms with E-state index >= 15 is 0 Å². The quantitative estimate of drug-likeness (QED) is 0.326. The summed E-state index contributed by atoms with van der Waals surface area (Å²) in [6, 6.07) is 16.2. The number of hydrogen-bond acceptors (Lipinski definition) is 7. The van der Waals surface area contributed by atoms with E-state index in [1.807, 2.05) is 24.3 Å². The fourth-order valence-corrected chi connectivity index (χ4v) is 4.36. The van der Waals surface area contributed by atoms with Crippen LogP contribution < -0.4 is 4.74 Å². The molecule has 0 radical (unpaired) electrons. The minimum absolute atomic E-state index is 0.499. The Balaban J connectivity index is 1.39. The Kier molecular flexibility index (Phi) is 5.97. The average Bonchev–Trinajstić information content (AvgIpc) is 3.42. The van der Waals surface area contributed by atoms with Gasteiger partial charge in [0.1, 0.15) is 10.8 Å². The molecule has 7 heteroatoms. The highest BCUT2D eigenvalue weighted by molar-refractivity contribution is 7.98. The lowest BCUT2D eigenvalue weighted by molar-refractivity contribution is 0.414. The standard InChI is InChI=1S/C22H21N3O2S2/c1-14(2)15-4-6-17(7-5-15)21-23-18(12-28-21)13-29-22-25-24-20(27-22)16-8-10-19(26-3)11-9-16/h4-12,14H,13H2,1-3H3. The molecule has 5 nitrogen and oxygen atoms in total. The zero-order valence-electron chi connectivity index (χ0n) is 16.5. The van der Waals surface area contributed by atoms with Gasteiger partial charge in [0.15, 0.2) is 0 Å². The van der Waals surface area contributed by atoms with Crippen LogP contribution in [-0.2, 0) is 5.75 Å². The molecule has 0 saturated heterocycles. The lowest BCUT2D eigenvalue weighted by Crippen LogP contribution is -1.87. The maximum Gasteiger partial charge on any atom is 0.277 e. The van der Waals surface area contributed by atoms with Crippen molar-refractivity contribution in [3.63, 3.8) is 0 Å². The third kappa shape index (κ3) is 4.68. The molecule has 0 saturated carbocycles. The molecule has 0 atom stereocenters. The number of methoxy groups -OCH3 is 1. The van der Waals surface area contributed by atoms with Crippen LogP contribution in [0.25, 0.3) is 22.0 Å². The second-order valence-corrected chi connectivity index (χ2v) is 8.60. The van der Waals surface area contributed by atoms with E-state index in [1.54, 1.807) is 18.4 Å². The molecule has 4 rings (SSSR count). The molecule has 0 fully saturated rings. The summed E-state index contributed by atoms with van der Waals surface area (Å²) < 4.78 is 10.9. The Morgan fingerprint density at radius 1 is 1.00 bits per heavy atom. The fraction of sp³-hybridized carbons (Fsp3) is 0.227. The van der Waals surface area contributed by atoms with Crippen molar-refractivity contribution in [1.82, 2.24) is 15.2 Å². The van der Waals surface area contributed by atoms with Crippen LogP contribution in [0.5, 0.6) is 5.75 Å². The second kappa shape index (κ2) is 8.80. The number of rotatable bonds is 7. The first kappa shape index (κ1) is 19.7. The van der Waals surface area contributed by atoms with Crippen LogP contribution in [0.2, 0.25) is 0 Å². The smallest absolute Gasteiger partial charge is 0.277 e. The van der Waals surface area contributed by atoms with E-state index in [1.165, 1.54) is 17.3 Å². The summed E-state index contributed by atoms with van der Waals surface area (Å²) in [5.74, 6) is 2.51. The van der Waals surface area contributed by atoms with E-state index in [-0.39, 0.29) is 0 Å². The van der Waals surface area contributed by atoms with E-state index < -0.39 is 0 Å². The molecule has 0 N–H and O–H groups in total. The number of thiazole rings is 1. The molecule has 0 aliphatic rings. The SMILES string of the molecule is COc1ccc(-c2nnc(SCc3csc(-c4ccc(C(C)C)cc4)n3)o2)cc1. The molecule has 0 bridgehead atoms. The molecule has 0 aliphatic heterocycles. The second-order valence-electron chi connectivity index (χ2n) is 6.81. The van der Waals surface area contributed by atoms with Gasteiger partial charge < -0.3 is 9.15 Å². The average molecular weight is 424 g/mol. The van der Waals surface area contributed by atoms with E-state index in [0.717, 1.165) is 27.6 Å². The van der Waals surface area contributed by atoms with Gasteiger partial charge >= 0.3 is 0 Å². The third-order valence-electron chi connectivity index (χ3n) is 4.46. The number of aromatic nitrogens is 3. The molecule has 4 aromatic rings. The van der Waals surface area contributed by atoms with Crippen molar-refractivity contribution in [1.29, 1.82) is 0 Å². The van der Waals surface area contributed by atoms with Crippen LogP contribution in [-0.4, -0.2) is 22.3 Å². The summed E-state index contributed by atoms with van der Waals surface area (Å²) in [6.07, 6.45) is 0. The molecule has 0 aliphatic carbocycles. The molecule has 0 unspecified atom stereocenters. The summed E-state index contributed by atoms with van der Waals surface area (Å²) in [7, 11) is 1.64. The first-order valence-corrected chi connectivity index (χ1v) is 11.1. The number of hydrogen-bond donors (Lipinski definition) is 0. The van der Waals surface area contributed by atoms with Gasteiger partial charge in [-0.1, -0.05) is 49.9 Å². The molecule has 29 heavy (non-hydrogen) atoms. The predicted octanol–water partition coefficient (Wildman–Crippen LogP) is 6.28.